The summed E-state index contributed by atoms with van der Waals surface area (Å²) in [6.45, 7) is 6.21. The van der Waals surface area contributed by atoms with Crippen LogP contribution in [0.15, 0.2) is 0 Å². The lowest BCUT2D eigenvalue weighted by atomic mass is 9.77. The summed E-state index contributed by atoms with van der Waals surface area (Å²) >= 11 is 1.85. The molecule has 1 fully saturated rings. The van der Waals surface area contributed by atoms with Gasteiger partial charge in [-0.15, -0.1) is 0 Å². The highest BCUT2D eigenvalue weighted by atomic mass is 32.2. The van der Waals surface area contributed by atoms with E-state index in [9.17, 15) is 4.79 Å². The van der Waals surface area contributed by atoms with Crippen molar-refractivity contribution < 1.29 is 4.79 Å². The highest BCUT2D eigenvalue weighted by molar-refractivity contribution is 7.98. The Kier molecular flexibility index (Phi) is 6.50. The number of nitrogens with one attached hydrogen (secondary N) is 1. The van der Waals surface area contributed by atoms with Gasteiger partial charge in [0.05, 0.1) is 5.41 Å². The number of piperidine rings is 1. The summed E-state index contributed by atoms with van der Waals surface area (Å²) in [4.78, 5) is 14.7. The summed E-state index contributed by atoms with van der Waals surface area (Å²) in [6.07, 6.45) is 6.30. The van der Waals surface area contributed by atoms with Gasteiger partial charge < -0.3 is 10.2 Å². The lowest BCUT2D eigenvalue weighted by Gasteiger charge is -2.40. The fraction of sp³-hybridized carbons (Fsp3) is 0.929. The largest absolute Gasteiger partial charge is 0.343 e. The van der Waals surface area contributed by atoms with Gasteiger partial charge in [-0.3, -0.25) is 4.79 Å². The summed E-state index contributed by atoms with van der Waals surface area (Å²) in [5, 5.41) is 3.39. The Bertz CT molecular complexity index is 265. The quantitative estimate of drug-likeness (QED) is 0.805. The molecule has 0 radical (unpaired) electrons. The van der Waals surface area contributed by atoms with Crippen molar-refractivity contribution in [1.82, 2.24) is 10.2 Å². The molecule has 1 amide bonds. The average molecular weight is 272 g/mol. The van der Waals surface area contributed by atoms with E-state index in [1.54, 1.807) is 0 Å². The van der Waals surface area contributed by atoms with Crippen molar-refractivity contribution in [2.75, 3.05) is 32.1 Å². The molecule has 3 nitrogen and oxygen atoms in total. The van der Waals surface area contributed by atoms with E-state index < -0.39 is 0 Å². The van der Waals surface area contributed by atoms with Crippen LogP contribution in [0.1, 0.15) is 39.5 Å². The van der Waals surface area contributed by atoms with E-state index in [-0.39, 0.29) is 5.41 Å². The van der Waals surface area contributed by atoms with Crippen LogP contribution >= 0.6 is 11.8 Å². The maximum Gasteiger partial charge on any atom is 0.230 e. The molecule has 0 aromatic carbocycles. The standard InChI is InChI=1S/C14H28N2OS/c1-5-14(8-6-9-15-11-14)13(17)16(3)12(2)7-10-18-4/h12,15H,5-11H2,1-4H3. The maximum atomic E-state index is 12.7. The minimum Gasteiger partial charge on any atom is -0.343 e. The highest BCUT2D eigenvalue weighted by Gasteiger charge is 2.40. The Morgan fingerprint density at radius 3 is 2.78 bits per heavy atom. The second-order valence-electron chi connectivity index (χ2n) is 5.46. The Hall–Kier alpha value is -0.220. The molecule has 0 spiro atoms. The van der Waals surface area contributed by atoms with Crippen LogP contribution in [0.25, 0.3) is 0 Å². The van der Waals surface area contributed by atoms with Crippen LogP contribution in [-0.2, 0) is 4.79 Å². The number of carbonyl (C=O) groups excluding carboxylic acids is 1. The van der Waals surface area contributed by atoms with Gasteiger partial charge in [0.1, 0.15) is 0 Å². The summed E-state index contributed by atoms with van der Waals surface area (Å²) in [7, 11) is 1.97. The van der Waals surface area contributed by atoms with Crippen LogP contribution in [0.5, 0.6) is 0 Å². The van der Waals surface area contributed by atoms with E-state index in [1.165, 1.54) is 0 Å². The molecular formula is C14H28N2OS. The number of thioether (sulfide) groups is 1. The molecule has 0 aromatic heterocycles. The third kappa shape index (κ3) is 3.64. The Labute approximate surface area is 116 Å². The van der Waals surface area contributed by atoms with Gasteiger partial charge in [0, 0.05) is 19.6 Å². The molecule has 1 N–H and O–H groups in total. The lowest BCUT2D eigenvalue weighted by molar-refractivity contribution is -0.144. The normalized spacial score (nSPS) is 25.8. The molecule has 0 bridgehead atoms. The Balaban J connectivity index is 2.64. The van der Waals surface area contributed by atoms with Crippen LogP contribution < -0.4 is 5.32 Å². The van der Waals surface area contributed by atoms with Crippen LogP contribution in [0.3, 0.4) is 0 Å². The lowest BCUT2D eigenvalue weighted by Crippen LogP contribution is -2.52. The zero-order valence-corrected chi connectivity index (χ0v) is 13.1. The third-order valence-electron chi connectivity index (χ3n) is 4.32. The maximum absolute atomic E-state index is 12.7. The summed E-state index contributed by atoms with van der Waals surface area (Å²) in [5.74, 6) is 1.46. The molecule has 1 saturated heterocycles. The molecule has 106 valence electrons. The average Bonchev–Trinajstić information content (AvgIpc) is 2.43. The number of carbonyl (C=O) groups is 1. The number of nitrogens with zero attached hydrogens (tertiary/aromatic N) is 1. The van der Waals surface area contributed by atoms with Crippen molar-refractivity contribution in [3.05, 3.63) is 0 Å². The number of rotatable bonds is 6. The van der Waals surface area contributed by atoms with E-state index in [1.807, 2.05) is 23.7 Å². The predicted octanol–water partition coefficient (Wildman–Crippen LogP) is 2.37. The monoisotopic (exact) mass is 272 g/mol. The number of hydrogen-bond donors (Lipinski definition) is 1. The summed E-state index contributed by atoms with van der Waals surface area (Å²) in [5.41, 5.74) is -0.152. The molecule has 18 heavy (non-hydrogen) atoms. The summed E-state index contributed by atoms with van der Waals surface area (Å²) < 4.78 is 0. The van der Waals surface area contributed by atoms with E-state index >= 15 is 0 Å². The van der Waals surface area contributed by atoms with Gasteiger partial charge in [-0.25, -0.2) is 0 Å². The van der Waals surface area contributed by atoms with Crippen LogP contribution in [-0.4, -0.2) is 49.0 Å². The molecule has 2 atom stereocenters. The van der Waals surface area contributed by atoms with Crippen molar-refractivity contribution in [2.45, 2.75) is 45.6 Å². The molecule has 0 aromatic rings. The van der Waals surface area contributed by atoms with Crippen molar-refractivity contribution in [3.63, 3.8) is 0 Å². The second-order valence-corrected chi connectivity index (χ2v) is 6.45. The zero-order chi connectivity index (χ0) is 13.6. The SMILES string of the molecule is CCC1(C(=O)N(C)C(C)CCSC)CCCNC1. The van der Waals surface area contributed by atoms with Crippen molar-refractivity contribution in [1.29, 1.82) is 0 Å². The molecule has 1 heterocycles. The summed E-state index contributed by atoms with van der Waals surface area (Å²) in [6, 6.07) is 0.343. The van der Waals surface area contributed by atoms with Gasteiger partial charge in [0.25, 0.3) is 0 Å². The van der Waals surface area contributed by atoms with Gasteiger partial charge in [-0.1, -0.05) is 6.92 Å². The first-order chi connectivity index (χ1) is 8.57. The molecule has 1 rings (SSSR count). The Morgan fingerprint density at radius 1 is 1.56 bits per heavy atom. The first kappa shape index (κ1) is 15.8. The third-order valence-corrected chi connectivity index (χ3v) is 4.97. The van der Waals surface area contributed by atoms with Gasteiger partial charge in [0.2, 0.25) is 5.91 Å². The predicted molar refractivity (Wildman–Crippen MR) is 80.1 cm³/mol. The highest BCUT2D eigenvalue weighted by Crippen LogP contribution is 2.32. The zero-order valence-electron chi connectivity index (χ0n) is 12.3. The van der Waals surface area contributed by atoms with Crippen LogP contribution in [0, 0.1) is 5.41 Å². The first-order valence-corrected chi connectivity index (χ1v) is 8.43. The molecule has 2 unspecified atom stereocenters. The fourth-order valence-corrected chi connectivity index (χ4v) is 3.24. The number of hydrogen-bond acceptors (Lipinski definition) is 3. The smallest absolute Gasteiger partial charge is 0.230 e. The topological polar surface area (TPSA) is 32.3 Å². The van der Waals surface area contributed by atoms with E-state index in [4.69, 9.17) is 0 Å². The molecule has 4 heteroatoms. The second kappa shape index (κ2) is 7.39. The molecule has 0 aliphatic carbocycles. The molecule has 1 aliphatic rings. The minimum atomic E-state index is -0.152. The van der Waals surface area contributed by atoms with Gasteiger partial charge in [-0.05, 0) is 51.2 Å². The van der Waals surface area contributed by atoms with Crippen LogP contribution in [0.2, 0.25) is 0 Å². The van der Waals surface area contributed by atoms with Crippen molar-refractivity contribution in [3.8, 4) is 0 Å². The molecular weight excluding hydrogens is 244 g/mol. The van der Waals surface area contributed by atoms with Gasteiger partial charge >= 0.3 is 0 Å². The van der Waals surface area contributed by atoms with Crippen LogP contribution in [0.4, 0.5) is 0 Å². The Morgan fingerprint density at radius 2 is 2.28 bits per heavy atom. The molecule has 0 saturated carbocycles. The molecule has 1 aliphatic heterocycles. The first-order valence-electron chi connectivity index (χ1n) is 7.04. The van der Waals surface area contributed by atoms with E-state index in [0.717, 1.165) is 44.5 Å². The minimum absolute atomic E-state index is 0.152. The van der Waals surface area contributed by atoms with Gasteiger partial charge in [-0.2, -0.15) is 11.8 Å². The van der Waals surface area contributed by atoms with Crippen molar-refractivity contribution >= 4 is 17.7 Å². The van der Waals surface area contributed by atoms with E-state index in [2.05, 4.69) is 25.4 Å². The van der Waals surface area contributed by atoms with E-state index in [0.29, 0.717) is 11.9 Å². The fourth-order valence-electron chi connectivity index (χ4n) is 2.66. The van der Waals surface area contributed by atoms with Crippen molar-refractivity contribution in [2.24, 2.45) is 5.41 Å². The van der Waals surface area contributed by atoms with Gasteiger partial charge in [0.15, 0.2) is 0 Å². The number of amides is 1.